The van der Waals surface area contributed by atoms with E-state index in [1.54, 1.807) is 0 Å². The van der Waals surface area contributed by atoms with Gasteiger partial charge in [0, 0.05) is 6.42 Å². The van der Waals surface area contributed by atoms with Crippen molar-refractivity contribution in [1.82, 2.24) is 0 Å². The number of unbranched alkanes of at least 4 members (excludes halogenated alkanes) is 2. The smallest absolute Gasteiger partial charge is 0.247 e. The summed E-state index contributed by atoms with van der Waals surface area (Å²) in [6.07, 6.45) is 3.33. The van der Waals surface area contributed by atoms with Crippen molar-refractivity contribution < 1.29 is 19.6 Å². The molecule has 0 aliphatic rings. The maximum atomic E-state index is 5.47. The van der Waals surface area contributed by atoms with Crippen molar-refractivity contribution in [2.45, 2.75) is 52.7 Å². The van der Waals surface area contributed by atoms with E-state index in [4.69, 9.17) is 19.6 Å². The van der Waals surface area contributed by atoms with Crippen molar-refractivity contribution in [3.8, 4) is 11.5 Å². The molecule has 0 aliphatic carbocycles. The summed E-state index contributed by atoms with van der Waals surface area (Å²) in [4.78, 5) is 21.8. The van der Waals surface area contributed by atoms with E-state index >= 15 is 0 Å². The first-order valence-electron chi connectivity index (χ1n) is 8.48. The summed E-state index contributed by atoms with van der Waals surface area (Å²) in [6.45, 7) is 6.09. The summed E-state index contributed by atoms with van der Waals surface area (Å²) in [5, 5.41) is 0. The first kappa shape index (κ1) is 18.3. The van der Waals surface area contributed by atoms with Crippen LogP contribution in [0.1, 0.15) is 43.7 Å². The molecule has 0 radical (unpaired) electrons. The molecule has 0 fully saturated rings. The number of hydrogen-bond acceptors (Lipinski definition) is 4. The van der Waals surface area contributed by atoms with E-state index in [2.05, 4.69) is 6.92 Å². The van der Waals surface area contributed by atoms with Gasteiger partial charge in [0.1, 0.15) is 0 Å². The van der Waals surface area contributed by atoms with Crippen LogP contribution in [0.4, 0.5) is 0 Å². The van der Waals surface area contributed by atoms with Crippen LogP contribution in [-0.2, 0) is 9.78 Å². The summed E-state index contributed by atoms with van der Waals surface area (Å²) < 4.78 is 0. The SMILES string of the molecule is CCCCCC(OOc1ccccc1C)OOc1ccccc1C. The molecule has 4 heteroatoms. The fourth-order valence-corrected chi connectivity index (χ4v) is 2.18. The Morgan fingerprint density at radius 3 is 1.71 bits per heavy atom. The number of hydrogen-bond donors (Lipinski definition) is 0. The van der Waals surface area contributed by atoms with Crippen LogP contribution in [0.25, 0.3) is 0 Å². The van der Waals surface area contributed by atoms with Crippen molar-refractivity contribution in [3.05, 3.63) is 59.7 Å². The molecular weight excluding hydrogens is 304 g/mol. The Morgan fingerprint density at radius 1 is 0.750 bits per heavy atom. The summed E-state index contributed by atoms with van der Waals surface area (Å²) in [6, 6.07) is 15.4. The highest BCUT2D eigenvalue weighted by atomic mass is 17.3. The van der Waals surface area contributed by atoms with E-state index in [1.165, 1.54) is 0 Å². The second-order valence-electron chi connectivity index (χ2n) is 5.82. The highest BCUT2D eigenvalue weighted by Crippen LogP contribution is 2.21. The lowest BCUT2D eigenvalue weighted by atomic mass is 10.2. The number of para-hydroxylation sites is 2. The van der Waals surface area contributed by atoms with Gasteiger partial charge in [-0.1, -0.05) is 56.2 Å². The quantitative estimate of drug-likeness (QED) is 0.248. The molecule has 130 valence electrons. The lowest BCUT2D eigenvalue weighted by molar-refractivity contribution is -0.401. The van der Waals surface area contributed by atoms with Gasteiger partial charge in [-0.25, -0.2) is 0 Å². The molecule has 2 rings (SSSR count). The van der Waals surface area contributed by atoms with E-state index in [1.807, 2.05) is 62.4 Å². The van der Waals surface area contributed by atoms with Crippen molar-refractivity contribution in [3.63, 3.8) is 0 Å². The van der Waals surface area contributed by atoms with Gasteiger partial charge in [-0.15, -0.1) is 0 Å². The highest BCUT2D eigenvalue weighted by Gasteiger charge is 2.15. The molecule has 0 amide bonds. The second-order valence-corrected chi connectivity index (χ2v) is 5.82. The van der Waals surface area contributed by atoms with Crippen LogP contribution >= 0.6 is 0 Å². The molecule has 0 saturated carbocycles. The summed E-state index contributed by atoms with van der Waals surface area (Å²) in [5.74, 6) is 1.36. The Bertz CT molecular complexity index is 563. The molecule has 0 saturated heterocycles. The maximum Gasteiger partial charge on any atom is 0.247 e. The minimum atomic E-state index is -0.587. The Labute approximate surface area is 144 Å². The Kier molecular flexibility index (Phi) is 7.59. The summed E-state index contributed by atoms with van der Waals surface area (Å²) in [7, 11) is 0. The van der Waals surface area contributed by atoms with Crippen molar-refractivity contribution >= 4 is 0 Å². The average molecular weight is 330 g/mol. The molecular formula is C20H26O4. The minimum absolute atomic E-state index is 0.587. The van der Waals surface area contributed by atoms with Gasteiger partial charge in [0.05, 0.1) is 0 Å². The number of benzene rings is 2. The third-order valence-corrected chi connectivity index (χ3v) is 3.72. The summed E-state index contributed by atoms with van der Waals surface area (Å²) >= 11 is 0. The van der Waals surface area contributed by atoms with Gasteiger partial charge in [-0.2, -0.15) is 9.78 Å². The zero-order chi connectivity index (χ0) is 17.2. The first-order valence-corrected chi connectivity index (χ1v) is 8.48. The van der Waals surface area contributed by atoms with Crippen molar-refractivity contribution in [2.75, 3.05) is 0 Å². The van der Waals surface area contributed by atoms with Crippen LogP contribution in [-0.4, -0.2) is 6.29 Å². The van der Waals surface area contributed by atoms with E-state index in [0.29, 0.717) is 17.9 Å². The monoisotopic (exact) mass is 330 g/mol. The van der Waals surface area contributed by atoms with E-state index in [9.17, 15) is 0 Å². The second kappa shape index (κ2) is 9.96. The van der Waals surface area contributed by atoms with Crippen LogP contribution in [0.3, 0.4) is 0 Å². The van der Waals surface area contributed by atoms with Gasteiger partial charge in [-0.3, -0.25) is 0 Å². The Morgan fingerprint density at radius 2 is 1.25 bits per heavy atom. The fourth-order valence-electron chi connectivity index (χ4n) is 2.18. The van der Waals surface area contributed by atoms with Gasteiger partial charge in [0.15, 0.2) is 11.5 Å². The topological polar surface area (TPSA) is 36.9 Å². The number of aryl methyl sites for hydroxylation is 2. The summed E-state index contributed by atoms with van der Waals surface area (Å²) in [5.41, 5.74) is 2.01. The van der Waals surface area contributed by atoms with E-state index < -0.39 is 6.29 Å². The predicted octanol–water partition coefficient (Wildman–Crippen LogP) is 5.53. The van der Waals surface area contributed by atoms with Crippen LogP contribution in [0.2, 0.25) is 0 Å². The molecule has 2 aromatic rings. The normalized spacial score (nSPS) is 10.8. The van der Waals surface area contributed by atoms with E-state index in [0.717, 1.165) is 30.4 Å². The van der Waals surface area contributed by atoms with Gasteiger partial charge >= 0.3 is 0 Å². The molecule has 0 atom stereocenters. The van der Waals surface area contributed by atoms with E-state index in [-0.39, 0.29) is 0 Å². The Balaban J connectivity index is 1.91. The molecule has 0 spiro atoms. The van der Waals surface area contributed by atoms with Crippen LogP contribution in [0, 0.1) is 13.8 Å². The Hall–Kier alpha value is -2.04. The van der Waals surface area contributed by atoms with Gasteiger partial charge < -0.3 is 9.78 Å². The third kappa shape index (κ3) is 5.87. The first-order chi connectivity index (χ1) is 11.7. The third-order valence-electron chi connectivity index (χ3n) is 3.72. The van der Waals surface area contributed by atoms with Gasteiger partial charge in [0.25, 0.3) is 0 Å². The molecule has 24 heavy (non-hydrogen) atoms. The molecule has 0 unspecified atom stereocenters. The molecule has 0 aliphatic heterocycles. The average Bonchev–Trinajstić information content (AvgIpc) is 2.59. The van der Waals surface area contributed by atoms with Crippen molar-refractivity contribution in [2.24, 2.45) is 0 Å². The highest BCUT2D eigenvalue weighted by molar-refractivity contribution is 5.31. The zero-order valence-corrected chi connectivity index (χ0v) is 14.7. The van der Waals surface area contributed by atoms with Crippen LogP contribution < -0.4 is 9.78 Å². The minimum Gasteiger partial charge on any atom is -0.334 e. The fraction of sp³-hybridized carbons (Fsp3) is 0.400. The molecule has 0 aromatic heterocycles. The van der Waals surface area contributed by atoms with Crippen LogP contribution in [0.15, 0.2) is 48.5 Å². The lowest BCUT2D eigenvalue weighted by Crippen LogP contribution is -2.21. The molecule has 0 heterocycles. The largest absolute Gasteiger partial charge is 0.334 e. The molecule has 2 aromatic carbocycles. The van der Waals surface area contributed by atoms with Crippen LogP contribution in [0.5, 0.6) is 11.5 Å². The number of rotatable bonds is 10. The maximum absolute atomic E-state index is 5.47. The van der Waals surface area contributed by atoms with Gasteiger partial charge in [0.2, 0.25) is 6.29 Å². The zero-order valence-electron chi connectivity index (χ0n) is 14.7. The van der Waals surface area contributed by atoms with Gasteiger partial charge in [-0.05, 0) is 43.5 Å². The predicted molar refractivity (Wildman–Crippen MR) is 93.7 cm³/mol. The standard InChI is InChI=1S/C20H26O4/c1-4-5-6-15-20(23-21-18-13-9-7-11-16(18)2)24-22-19-14-10-8-12-17(19)3/h7-14,20H,4-6,15H2,1-3H3. The molecule has 0 N–H and O–H groups in total. The van der Waals surface area contributed by atoms with Crippen molar-refractivity contribution in [1.29, 1.82) is 0 Å². The molecule has 0 bridgehead atoms. The molecule has 4 nitrogen and oxygen atoms in total. The lowest BCUT2D eigenvalue weighted by Gasteiger charge is -2.17.